The van der Waals surface area contributed by atoms with Gasteiger partial charge < -0.3 is 9.80 Å². The summed E-state index contributed by atoms with van der Waals surface area (Å²) in [5.74, 6) is -86.0. The van der Waals surface area contributed by atoms with Crippen LogP contribution in [0.3, 0.4) is 0 Å². The highest BCUT2D eigenvalue weighted by atomic mass is 19.4. The lowest BCUT2D eigenvalue weighted by molar-refractivity contribution is -0.408. The molecule has 0 aromatic heterocycles. The molecular weight excluding hydrogens is 756 g/mol. The van der Waals surface area contributed by atoms with Crippen LogP contribution in [0.2, 0.25) is 0 Å². The Kier molecular flexibility index (Phi) is 10.8. The summed E-state index contributed by atoms with van der Waals surface area (Å²) < 4.78 is 323. The van der Waals surface area contributed by atoms with Crippen molar-refractivity contribution in [2.45, 2.75) is 98.0 Å². The quantitative estimate of drug-likeness (QED) is 0.196. The monoisotopic (exact) mass is 770 g/mol. The molecule has 1 saturated heterocycles. The van der Waals surface area contributed by atoms with Crippen LogP contribution < -0.4 is 0 Å². The van der Waals surface area contributed by atoms with Crippen LogP contribution in [-0.4, -0.2) is 119 Å². The predicted molar refractivity (Wildman–Crippen MR) is 104 cm³/mol. The van der Waals surface area contributed by atoms with Crippen LogP contribution in [0.25, 0.3) is 0 Å². The summed E-state index contributed by atoms with van der Waals surface area (Å²) in [6.07, 6.45) is -11.8. The van der Waals surface area contributed by atoms with Gasteiger partial charge in [-0.3, -0.25) is 9.59 Å². The first-order chi connectivity index (χ1) is 20.7. The topological polar surface area (TPSA) is 40.6 Å². The molecule has 4 nitrogen and oxygen atoms in total. The first-order valence-corrected chi connectivity index (χ1v) is 11.7. The van der Waals surface area contributed by atoms with Gasteiger partial charge in [0.05, 0.1) is 0 Å². The van der Waals surface area contributed by atoms with E-state index in [-0.39, 0.29) is 13.8 Å². The van der Waals surface area contributed by atoms with Crippen LogP contribution >= 0.6 is 0 Å². The number of carbonyl (C=O) groups is 2. The molecule has 0 aromatic carbocycles. The third kappa shape index (κ3) is 5.62. The van der Waals surface area contributed by atoms with Crippen molar-refractivity contribution in [1.82, 2.24) is 9.80 Å². The van der Waals surface area contributed by atoms with Gasteiger partial charge in [0.1, 0.15) is 0 Å². The lowest BCUT2D eigenvalue weighted by atomic mass is 9.92. The highest BCUT2D eigenvalue weighted by molar-refractivity contribution is 5.87. The molecule has 48 heavy (non-hydrogen) atoms. The number of carbonyl (C=O) groups excluding carboxylic acids is 2. The normalized spacial score (nSPS) is 20.6. The summed E-state index contributed by atoms with van der Waals surface area (Å²) in [6.45, 7) is -3.94. The standard InChI is InChI=1S/C20H14F24N2O2/c1-5-3-46(10(48)14(31,32)18(39,40)20(43,44)16(35,36)12(27,28)8(23)24)6(2)4-45(5)9(47)13(29,30)17(37,38)19(41,42)15(33,34)11(25,26)7(21)22/h5-8H,3-4H2,1-2H3. The first-order valence-electron chi connectivity index (χ1n) is 11.7. The van der Waals surface area contributed by atoms with E-state index in [2.05, 4.69) is 0 Å². The summed E-state index contributed by atoms with van der Waals surface area (Å²) in [7, 11) is 0. The summed E-state index contributed by atoms with van der Waals surface area (Å²) >= 11 is 0. The number of rotatable bonds is 12. The number of amides is 2. The molecule has 0 bridgehead atoms. The fourth-order valence-electron chi connectivity index (χ4n) is 3.80. The van der Waals surface area contributed by atoms with Crippen molar-refractivity contribution >= 4 is 11.8 Å². The van der Waals surface area contributed by atoms with Gasteiger partial charge in [-0.15, -0.1) is 0 Å². The zero-order valence-corrected chi connectivity index (χ0v) is 22.5. The van der Waals surface area contributed by atoms with Crippen molar-refractivity contribution in [3.8, 4) is 0 Å². The zero-order chi connectivity index (χ0) is 39.0. The van der Waals surface area contributed by atoms with Gasteiger partial charge in [0.25, 0.3) is 11.8 Å². The Morgan fingerprint density at radius 1 is 0.438 bits per heavy atom. The van der Waals surface area contributed by atoms with Gasteiger partial charge in [-0.2, -0.15) is 87.8 Å². The lowest BCUT2D eigenvalue weighted by Crippen LogP contribution is -2.74. The van der Waals surface area contributed by atoms with Crippen molar-refractivity contribution in [3.05, 3.63) is 0 Å². The van der Waals surface area contributed by atoms with Gasteiger partial charge in [-0.05, 0) is 13.8 Å². The average molecular weight is 770 g/mol. The van der Waals surface area contributed by atoms with Gasteiger partial charge in [-0.1, -0.05) is 0 Å². The SMILES string of the molecule is CC1CN(C(=O)C(F)(F)C(F)(F)C(F)(F)C(F)(F)C(F)(F)C(F)F)C(C)CN1C(=O)C(F)(F)C(F)(F)C(F)(F)C(F)(F)C(F)(F)C(F)F. The van der Waals surface area contributed by atoms with Crippen molar-refractivity contribution in [2.75, 3.05) is 13.1 Å². The Bertz CT molecular complexity index is 1120. The van der Waals surface area contributed by atoms with E-state index < -0.39 is 119 Å². The van der Waals surface area contributed by atoms with E-state index in [0.29, 0.717) is 0 Å². The minimum atomic E-state index is -8.23. The Morgan fingerprint density at radius 3 is 0.833 bits per heavy atom. The third-order valence-electron chi connectivity index (χ3n) is 6.80. The zero-order valence-electron chi connectivity index (χ0n) is 22.5. The van der Waals surface area contributed by atoms with Crippen LogP contribution in [0.15, 0.2) is 0 Å². The smallest absolute Gasteiger partial charge is 0.331 e. The van der Waals surface area contributed by atoms with Gasteiger partial charge in [0, 0.05) is 25.2 Å². The fourth-order valence-corrected chi connectivity index (χ4v) is 3.80. The summed E-state index contributed by atoms with van der Waals surface area (Å²) in [5.41, 5.74) is 0. The van der Waals surface area contributed by atoms with Crippen LogP contribution in [0.4, 0.5) is 105 Å². The number of piperazine rings is 1. The molecule has 1 heterocycles. The van der Waals surface area contributed by atoms with Gasteiger partial charge in [0.2, 0.25) is 0 Å². The number of hydrogen-bond acceptors (Lipinski definition) is 2. The number of alkyl halides is 24. The van der Waals surface area contributed by atoms with Crippen molar-refractivity contribution in [3.63, 3.8) is 0 Å². The fraction of sp³-hybridized carbons (Fsp3) is 0.900. The molecule has 1 aliphatic rings. The van der Waals surface area contributed by atoms with Crippen molar-refractivity contribution in [1.29, 1.82) is 0 Å². The van der Waals surface area contributed by atoms with Crippen LogP contribution in [0.1, 0.15) is 13.8 Å². The molecule has 28 heteroatoms. The minimum absolute atomic E-state index is 0.123. The molecule has 0 N–H and O–H groups in total. The molecule has 0 aliphatic carbocycles. The molecule has 1 fully saturated rings. The molecule has 2 amide bonds. The van der Waals surface area contributed by atoms with Gasteiger partial charge >= 0.3 is 72.1 Å². The minimum Gasteiger partial charge on any atom is -0.331 e. The van der Waals surface area contributed by atoms with Crippen LogP contribution in [0, 0.1) is 0 Å². The lowest BCUT2D eigenvalue weighted by Gasteiger charge is -2.47. The van der Waals surface area contributed by atoms with Gasteiger partial charge in [0.15, 0.2) is 0 Å². The van der Waals surface area contributed by atoms with Crippen molar-refractivity contribution < 1.29 is 115 Å². The second kappa shape index (κ2) is 11.9. The number of hydrogen-bond donors (Lipinski definition) is 0. The Balaban J connectivity index is 3.51. The molecule has 0 spiro atoms. The van der Waals surface area contributed by atoms with E-state index in [0.717, 1.165) is 0 Å². The maximum absolute atomic E-state index is 14.3. The Labute approximate surface area is 248 Å². The predicted octanol–water partition coefficient (Wildman–Crippen LogP) is 7.32. The maximum Gasteiger partial charge on any atom is 0.392 e. The molecular formula is C20H14F24N2O2. The molecule has 2 atom stereocenters. The van der Waals surface area contributed by atoms with E-state index in [1.807, 2.05) is 0 Å². The Hall–Kier alpha value is -2.74. The molecule has 2 unspecified atom stereocenters. The van der Waals surface area contributed by atoms with Gasteiger partial charge in [-0.25, -0.2) is 17.6 Å². The van der Waals surface area contributed by atoms with Crippen molar-refractivity contribution in [2.24, 2.45) is 0 Å². The van der Waals surface area contributed by atoms with E-state index in [1.165, 1.54) is 0 Å². The Morgan fingerprint density at radius 2 is 0.646 bits per heavy atom. The molecule has 1 aliphatic heterocycles. The average Bonchev–Trinajstić information content (AvgIpc) is 2.91. The van der Waals surface area contributed by atoms with E-state index in [1.54, 1.807) is 0 Å². The maximum atomic E-state index is 14.3. The van der Waals surface area contributed by atoms with Crippen LogP contribution in [0.5, 0.6) is 0 Å². The third-order valence-corrected chi connectivity index (χ3v) is 6.80. The van der Waals surface area contributed by atoms with Crippen LogP contribution in [-0.2, 0) is 9.59 Å². The van der Waals surface area contributed by atoms with E-state index in [9.17, 15) is 115 Å². The number of halogens is 24. The largest absolute Gasteiger partial charge is 0.392 e. The highest BCUT2D eigenvalue weighted by Crippen LogP contribution is 2.60. The first kappa shape index (κ1) is 43.3. The number of nitrogens with zero attached hydrogens (tertiary/aromatic N) is 2. The summed E-state index contributed by atoms with van der Waals surface area (Å²) in [4.78, 5) is 22.3. The summed E-state index contributed by atoms with van der Waals surface area (Å²) in [5, 5.41) is 0. The molecule has 0 aromatic rings. The highest BCUT2D eigenvalue weighted by Gasteiger charge is 2.91. The second-order valence-electron chi connectivity index (χ2n) is 10.1. The second-order valence-corrected chi connectivity index (χ2v) is 10.1. The molecule has 0 radical (unpaired) electrons. The molecule has 1 rings (SSSR count). The molecule has 0 saturated carbocycles. The van der Waals surface area contributed by atoms with E-state index in [4.69, 9.17) is 0 Å². The summed E-state index contributed by atoms with van der Waals surface area (Å²) in [6, 6.07) is -5.43. The van der Waals surface area contributed by atoms with E-state index >= 15 is 0 Å². The molecule has 284 valence electrons.